The maximum absolute atomic E-state index is 5.38. The predicted molar refractivity (Wildman–Crippen MR) is 77.3 cm³/mol. The van der Waals surface area contributed by atoms with E-state index in [2.05, 4.69) is 41.3 Å². The second kappa shape index (κ2) is 5.82. The van der Waals surface area contributed by atoms with Crippen molar-refractivity contribution in [3.8, 4) is 0 Å². The van der Waals surface area contributed by atoms with Crippen molar-refractivity contribution in [3.63, 3.8) is 0 Å². The number of rotatable bonds is 5. The molecule has 1 aromatic rings. The Morgan fingerprint density at radius 2 is 2.00 bits per heavy atom. The molecule has 0 aromatic carbocycles. The fraction of sp³-hybridized carbons (Fsp3) is 0.867. The number of hydrogen-bond donors (Lipinski definition) is 1. The number of aromatic nitrogens is 2. The standard InChI is InChI=1S/C15H26N4O/c1-10(2)6-14-17-15(20-18-14)9-19(3)13-7-11-4-5-12(8-13)16-11/h10-13,16H,4-9H2,1-3H3. The minimum absolute atomic E-state index is 0.568. The van der Waals surface area contributed by atoms with E-state index in [0.717, 1.165) is 36.8 Å². The van der Waals surface area contributed by atoms with E-state index in [-0.39, 0.29) is 0 Å². The summed E-state index contributed by atoms with van der Waals surface area (Å²) >= 11 is 0. The Hall–Kier alpha value is -0.940. The van der Waals surface area contributed by atoms with Gasteiger partial charge in [0.1, 0.15) is 0 Å². The van der Waals surface area contributed by atoms with Crippen LogP contribution >= 0.6 is 0 Å². The lowest BCUT2D eigenvalue weighted by atomic mass is 9.98. The van der Waals surface area contributed by atoms with E-state index in [9.17, 15) is 0 Å². The van der Waals surface area contributed by atoms with Crippen LogP contribution in [-0.4, -0.2) is 40.2 Å². The smallest absolute Gasteiger partial charge is 0.240 e. The van der Waals surface area contributed by atoms with Gasteiger partial charge in [0.2, 0.25) is 5.89 Å². The van der Waals surface area contributed by atoms with E-state index in [4.69, 9.17) is 4.52 Å². The molecule has 2 aliphatic rings. The zero-order valence-electron chi connectivity index (χ0n) is 12.8. The van der Waals surface area contributed by atoms with Crippen LogP contribution in [0.2, 0.25) is 0 Å². The molecule has 2 fully saturated rings. The molecule has 3 heterocycles. The molecule has 2 saturated heterocycles. The molecule has 0 radical (unpaired) electrons. The summed E-state index contributed by atoms with van der Waals surface area (Å²) in [7, 11) is 2.18. The minimum Gasteiger partial charge on any atom is -0.338 e. The molecule has 3 rings (SSSR count). The average Bonchev–Trinajstić information content (AvgIpc) is 2.95. The quantitative estimate of drug-likeness (QED) is 0.892. The number of hydrogen-bond acceptors (Lipinski definition) is 5. The highest BCUT2D eigenvalue weighted by atomic mass is 16.5. The topological polar surface area (TPSA) is 54.2 Å². The molecule has 20 heavy (non-hydrogen) atoms. The number of piperidine rings is 1. The Morgan fingerprint density at radius 3 is 2.65 bits per heavy atom. The molecule has 112 valence electrons. The van der Waals surface area contributed by atoms with Gasteiger partial charge in [0.25, 0.3) is 0 Å². The van der Waals surface area contributed by atoms with Crippen molar-refractivity contribution < 1.29 is 4.52 Å². The number of fused-ring (bicyclic) bond motifs is 2. The van der Waals surface area contributed by atoms with Crippen LogP contribution in [-0.2, 0) is 13.0 Å². The van der Waals surface area contributed by atoms with Crippen LogP contribution in [0.5, 0.6) is 0 Å². The first-order valence-electron chi connectivity index (χ1n) is 7.88. The first-order chi connectivity index (χ1) is 9.60. The summed E-state index contributed by atoms with van der Waals surface area (Å²) in [4.78, 5) is 6.89. The molecular weight excluding hydrogens is 252 g/mol. The highest BCUT2D eigenvalue weighted by Crippen LogP contribution is 2.29. The molecule has 1 aromatic heterocycles. The third-order valence-corrected chi connectivity index (χ3v) is 4.56. The third-order valence-electron chi connectivity index (χ3n) is 4.56. The Kier molecular flexibility index (Phi) is 4.08. The van der Waals surface area contributed by atoms with Crippen molar-refractivity contribution in [2.24, 2.45) is 5.92 Å². The second-order valence-corrected chi connectivity index (χ2v) is 6.88. The van der Waals surface area contributed by atoms with Gasteiger partial charge in [0.15, 0.2) is 5.82 Å². The summed E-state index contributed by atoms with van der Waals surface area (Å²) in [5.74, 6) is 2.17. The van der Waals surface area contributed by atoms with Crippen molar-refractivity contribution in [1.29, 1.82) is 0 Å². The van der Waals surface area contributed by atoms with Gasteiger partial charge in [0, 0.05) is 24.5 Å². The van der Waals surface area contributed by atoms with Gasteiger partial charge in [-0.05, 0) is 38.6 Å². The number of nitrogens with one attached hydrogen (secondary N) is 1. The van der Waals surface area contributed by atoms with Crippen LogP contribution in [0.1, 0.15) is 51.2 Å². The summed E-state index contributed by atoms with van der Waals surface area (Å²) in [6.07, 6.45) is 6.08. The van der Waals surface area contributed by atoms with Crippen molar-refractivity contribution in [2.45, 2.75) is 70.6 Å². The maximum Gasteiger partial charge on any atom is 0.240 e. The lowest BCUT2D eigenvalue weighted by Crippen LogP contribution is -2.46. The van der Waals surface area contributed by atoms with Crippen molar-refractivity contribution in [1.82, 2.24) is 20.4 Å². The van der Waals surface area contributed by atoms with E-state index in [1.165, 1.54) is 25.7 Å². The average molecular weight is 278 g/mol. The molecule has 0 aliphatic carbocycles. The molecule has 2 bridgehead atoms. The zero-order chi connectivity index (χ0) is 14.1. The molecule has 2 aliphatic heterocycles. The normalized spacial score (nSPS) is 29.6. The largest absolute Gasteiger partial charge is 0.338 e. The van der Waals surface area contributed by atoms with Gasteiger partial charge in [-0.1, -0.05) is 19.0 Å². The third kappa shape index (κ3) is 3.20. The maximum atomic E-state index is 5.38. The van der Waals surface area contributed by atoms with Gasteiger partial charge in [0.05, 0.1) is 6.54 Å². The Balaban J connectivity index is 1.55. The first kappa shape index (κ1) is 14.0. The SMILES string of the molecule is CC(C)Cc1noc(CN(C)C2CC3CCC(C2)N3)n1. The highest BCUT2D eigenvalue weighted by Gasteiger charge is 2.35. The fourth-order valence-electron chi connectivity index (χ4n) is 3.53. The molecule has 0 amide bonds. The molecule has 1 N–H and O–H groups in total. The summed E-state index contributed by atoms with van der Waals surface area (Å²) in [6.45, 7) is 5.12. The number of nitrogens with zero attached hydrogens (tertiary/aromatic N) is 3. The molecule has 5 heteroatoms. The molecule has 2 atom stereocenters. The lowest BCUT2D eigenvalue weighted by molar-refractivity contribution is 0.150. The molecule has 5 nitrogen and oxygen atoms in total. The Morgan fingerprint density at radius 1 is 1.30 bits per heavy atom. The van der Waals surface area contributed by atoms with Crippen molar-refractivity contribution in [3.05, 3.63) is 11.7 Å². The molecular formula is C15H26N4O. The van der Waals surface area contributed by atoms with E-state index in [0.29, 0.717) is 12.0 Å². The van der Waals surface area contributed by atoms with Gasteiger partial charge in [-0.3, -0.25) is 4.90 Å². The van der Waals surface area contributed by atoms with Crippen LogP contribution in [0.3, 0.4) is 0 Å². The summed E-state index contributed by atoms with van der Waals surface area (Å²) in [5, 5.41) is 7.76. The van der Waals surface area contributed by atoms with Gasteiger partial charge >= 0.3 is 0 Å². The highest BCUT2D eigenvalue weighted by molar-refractivity contribution is 4.96. The monoisotopic (exact) mass is 278 g/mol. The van der Waals surface area contributed by atoms with Crippen LogP contribution in [0.4, 0.5) is 0 Å². The Bertz CT molecular complexity index is 433. The van der Waals surface area contributed by atoms with Crippen LogP contribution < -0.4 is 5.32 Å². The van der Waals surface area contributed by atoms with Crippen molar-refractivity contribution >= 4 is 0 Å². The van der Waals surface area contributed by atoms with Gasteiger partial charge < -0.3 is 9.84 Å². The van der Waals surface area contributed by atoms with Crippen LogP contribution in [0.15, 0.2) is 4.52 Å². The molecule has 2 unspecified atom stereocenters. The van der Waals surface area contributed by atoms with Crippen molar-refractivity contribution in [2.75, 3.05) is 7.05 Å². The van der Waals surface area contributed by atoms with Crippen LogP contribution in [0, 0.1) is 5.92 Å². The van der Waals surface area contributed by atoms with E-state index in [1.54, 1.807) is 0 Å². The van der Waals surface area contributed by atoms with Gasteiger partial charge in [-0.25, -0.2) is 0 Å². The zero-order valence-corrected chi connectivity index (χ0v) is 12.8. The van der Waals surface area contributed by atoms with Crippen LogP contribution in [0.25, 0.3) is 0 Å². The summed E-state index contributed by atoms with van der Waals surface area (Å²) < 4.78 is 5.38. The predicted octanol–water partition coefficient (Wildman–Crippen LogP) is 1.98. The minimum atomic E-state index is 0.568. The lowest BCUT2D eigenvalue weighted by Gasteiger charge is -2.34. The molecule has 0 spiro atoms. The van der Waals surface area contributed by atoms with E-state index in [1.807, 2.05) is 0 Å². The second-order valence-electron chi connectivity index (χ2n) is 6.88. The van der Waals surface area contributed by atoms with Gasteiger partial charge in [-0.2, -0.15) is 4.98 Å². The van der Waals surface area contributed by atoms with Gasteiger partial charge in [-0.15, -0.1) is 0 Å². The molecule has 0 saturated carbocycles. The fourth-order valence-corrected chi connectivity index (χ4v) is 3.53. The van der Waals surface area contributed by atoms with E-state index < -0.39 is 0 Å². The van der Waals surface area contributed by atoms with E-state index >= 15 is 0 Å². The first-order valence-corrected chi connectivity index (χ1v) is 7.88. The summed E-state index contributed by atoms with van der Waals surface area (Å²) in [5.41, 5.74) is 0. The Labute approximate surface area is 121 Å². The summed E-state index contributed by atoms with van der Waals surface area (Å²) in [6, 6.07) is 2.09.